The third kappa shape index (κ3) is 4.31. The number of anilines is 1. The average Bonchev–Trinajstić information content (AvgIpc) is 3.38. The fraction of sp³-hybridized carbons (Fsp3) is 0.400. The number of hydrogen-bond acceptors (Lipinski definition) is 6. The molecule has 9 heteroatoms. The fourth-order valence-corrected chi connectivity index (χ4v) is 4.51. The van der Waals surface area contributed by atoms with Crippen LogP contribution in [0.1, 0.15) is 40.1 Å². The van der Waals surface area contributed by atoms with Crippen molar-refractivity contribution in [1.29, 1.82) is 0 Å². The van der Waals surface area contributed by atoms with Crippen molar-refractivity contribution in [2.75, 3.05) is 44.8 Å². The van der Waals surface area contributed by atoms with Crippen molar-refractivity contribution in [1.82, 2.24) is 14.7 Å². The van der Waals surface area contributed by atoms with Crippen LogP contribution in [0, 0.1) is 5.92 Å². The van der Waals surface area contributed by atoms with Crippen LogP contribution in [-0.4, -0.2) is 72.1 Å². The van der Waals surface area contributed by atoms with Crippen molar-refractivity contribution in [3.63, 3.8) is 0 Å². The molecule has 0 bridgehead atoms. The van der Waals surface area contributed by atoms with Gasteiger partial charge < -0.3 is 19.7 Å². The molecule has 0 radical (unpaired) electrons. The number of carbonyl (C=O) groups is 3. The van der Waals surface area contributed by atoms with E-state index in [1.165, 1.54) is 4.90 Å². The Morgan fingerprint density at radius 2 is 1.68 bits per heavy atom. The van der Waals surface area contributed by atoms with Crippen molar-refractivity contribution in [2.24, 2.45) is 5.92 Å². The summed E-state index contributed by atoms with van der Waals surface area (Å²) < 4.78 is 10.8. The molecule has 4 amide bonds. The number of nitrogens with one attached hydrogen (secondary N) is 1. The van der Waals surface area contributed by atoms with Crippen LogP contribution in [0.4, 0.5) is 10.5 Å². The first-order valence-corrected chi connectivity index (χ1v) is 11.6. The lowest BCUT2D eigenvalue weighted by Crippen LogP contribution is -2.49. The van der Waals surface area contributed by atoms with E-state index < -0.39 is 0 Å². The maximum absolute atomic E-state index is 12.8. The second-order valence-electron chi connectivity index (χ2n) is 9.26. The second-order valence-corrected chi connectivity index (χ2v) is 9.26. The van der Waals surface area contributed by atoms with Gasteiger partial charge in [0.25, 0.3) is 11.8 Å². The van der Waals surface area contributed by atoms with Crippen LogP contribution in [0.15, 0.2) is 36.4 Å². The van der Waals surface area contributed by atoms with Gasteiger partial charge in [-0.1, -0.05) is 19.9 Å². The lowest BCUT2D eigenvalue weighted by atomic mass is 10.1. The van der Waals surface area contributed by atoms with Gasteiger partial charge in [0.15, 0.2) is 11.5 Å². The van der Waals surface area contributed by atoms with Crippen molar-refractivity contribution in [3.8, 4) is 11.5 Å². The summed E-state index contributed by atoms with van der Waals surface area (Å²) in [6.07, 6.45) is 0. The molecule has 1 N–H and O–H groups in total. The molecule has 2 aromatic rings. The summed E-state index contributed by atoms with van der Waals surface area (Å²) in [7, 11) is 0. The van der Waals surface area contributed by atoms with E-state index in [9.17, 15) is 14.4 Å². The van der Waals surface area contributed by atoms with Crippen LogP contribution >= 0.6 is 0 Å². The molecule has 2 aromatic carbocycles. The van der Waals surface area contributed by atoms with Gasteiger partial charge in [-0.3, -0.25) is 19.4 Å². The molecule has 0 saturated carbocycles. The number of amides is 4. The fourth-order valence-electron chi connectivity index (χ4n) is 4.51. The minimum absolute atomic E-state index is 0.185. The molecule has 0 aromatic heterocycles. The minimum Gasteiger partial charge on any atom is -0.454 e. The van der Waals surface area contributed by atoms with Crippen molar-refractivity contribution in [3.05, 3.63) is 53.1 Å². The van der Waals surface area contributed by atoms with Crippen molar-refractivity contribution < 1.29 is 23.9 Å². The highest BCUT2D eigenvalue weighted by atomic mass is 16.7. The van der Waals surface area contributed by atoms with Gasteiger partial charge in [0.1, 0.15) is 0 Å². The first-order chi connectivity index (χ1) is 16.4. The Bertz CT molecular complexity index is 1140. The van der Waals surface area contributed by atoms with Crippen LogP contribution < -0.4 is 14.8 Å². The van der Waals surface area contributed by atoms with Gasteiger partial charge in [-0.15, -0.1) is 0 Å². The average molecular weight is 465 g/mol. The quantitative estimate of drug-likeness (QED) is 0.684. The summed E-state index contributed by atoms with van der Waals surface area (Å²) in [4.78, 5) is 43.4. The Morgan fingerprint density at radius 3 is 2.44 bits per heavy atom. The number of benzene rings is 2. The van der Waals surface area contributed by atoms with E-state index in [1.807, 2.05) is 32.0 Å². The number of urea groups is 1. The van der Waals surface area contributed by atoms with E-state index in [-0.39, 0.29) is 30.6 Å². The lowest BCUT2D eigenvalue weighted by molar-refractivity contribution is 0.0636. The van der Waals surface area contributed by atoms with E-state index in [4.69, 9.17) is 9.47 Å². The smallest absolute Gasteiger partial charge is 0.321 e. The molecule has 1 saturated heterocycles. The van der Waals surface area contributed by atoms with Crippen LogP contribution in [0.5, 0.6) is 11.5 Å². The SMILES string of the molecule is CC(C)CN1C(=O)c2ccc(NC(=O)N3CCN(Cc4ccc5c(c4)OCO5)CC3)cc2C1=O. The number of imide groups is 1. The number of rotatable bonds is 5. The Kier molecular flexibility index (Phi) is 5.87. The van der Waals surface area contributed by atoms with Crippen LogP contribution in [0.2, 0.25) is 0 Å². The van der Waals surface area contributed by atoms with Gasteiger partial charge in [0.05, 0.1) is 11.1 Å². The van der Waals surface area contributed by atoms with Gasteiger partial charge in [0.2, 0.25) is 6.79 Å². The molecular weight excluding hydrogens is 436 g/mol. The number of piperazine rings is 1. The van der Waals surface area contributed by atoms with Gasteiger partial charge in [-0.25, -0.2) is 4.79 Å². The standard InChI is InChI=1S/C25H28N4O5/c1-16(2)13-29-23(30)19-5-4-18(12-20(19)24(29)31)26-25(32)28-9-7-27(8-10-28)14-17-3-6-21-22(11-17)34-15-33-21/h3-6,11-12,16H,7-10,13-15H2,1-2H3,(H,26,32). The summed E-state index contributed by atoms with van der Waals surface area (Å²) in [5, 5.41) is 2.88. The zero-order chi connectivity index (χ0) is 23.8. The van der Waals surface area contributed by atoms with Gasteiger partial charge in [-0.2, -0.15) is 0 Å². The van der Waals surface area contributed by atoms with Crippen LogP contribution in [0.25, 0.3) is 0 Å². The van der Waals surface area contributed by atoms with Gasteiger partial charge >= 0.3 is 6.03 Å². The van der Waals surface area contributed by atoms with E-state index in [1.54, 1.807) is 23.1 Å². The molecule has 0 unspecified atom stereocenters. The Labute approximate surface area is 198 Å². The van der Waals surface area contributed by atoms with E-state index in [0.717, 1.165) is 36.7 Å². The second kappa shape index (κ2) is 8.98. The molecule has 178 valence electrons. The van der Waals surface area contributed by atoms with E-state index in [0.29, 0.717) is 36.4 Å². The monoisotopic (exact) mass is 464 g/mol. The van der Waals surface area contributed by atoms with E-state index in [2.05, 4.69) is 10.2 Å². The first-order valence-electron chi connectivity index (χ1n) is 11.6. The summed E-state index contributed by atoms with van der Waals surface area (Å²) in [5.74, 6) is 1.16. The number of fused-ring (bicyclic) bond motifs is 2. The molecule has 5 rings (SSSR count). The molecule has 1 fully saturated rings. The molecule has 0 aliphatic carbocycles. The summed E-state index contributed by atoms with van der Waals surface area (Å²) in [6.45, 7) is 8.05. The highest BCUT2D eigenvalue weighted by molar-refractivity contribution is 6.21. The van der Waals surface area contributed by atoms with Crippen LogP contribution in [0.3, 0.4) is 0 Å². The topological polar surface area (TPSA) is 91.4 Å². The third-order valence-corrected chi connectivity index (χ3v) is 6.27. The number of carbonyl (C=O) groups excluding carboxylic acids is 3. The summed E-state index contributed by atoms with van der Waals surface area (Å²) >= 11 is 0. The highest BCUT2D eigenvalue weighted by Gasteiger charge is 2.36. The zero-order valence-electron chi connectivity index (χ0n) is 19.4. The third-order valence-electron chi connectivity index (χ3n) is 6.27. The first kappa shape index (κ1) is 22.2. The number of ether oxygens (including phenoxy) is 2. The molecule has 3 heterocycles. The molecule has 0 spiro atoms. The van der Waals surface area contributed by atoms with Crippen molar-refractivity contribution >= 4 is 23.5 Å². The van der Waals surface area contributed by atoms with Crippen LogP contribution in [-0.2, 0) is 6.54 Å². The maximum Gasteiger partial charge on any atom is 0.321 e. The zero-order valence-corrected chi connectivity index (χ0v) is 19.4. The summed E-state index contributed by atoms with van der Waals surface area (Å²) in [6, 6.07) is 10.7. The predicted molar refractivity (Wildman–Crippen MR) is 125 cm³/mol. The molecule has 3 aliphatic heterocycles. The molecule has 9 nitrogen and oxygen atoms in total. The molecular formula is C25H28N4O5. The molecule has 3 aliphatic rings. The maximum atomic E-state index is 12.8. The number of hydrogen-bond donors (Lipinski definition) is 1. The Balaban J connectivity index is 1.16. The van der Waals surface area contributed by atoms with Crippen molar-refractivity contribution in [2.45, 2.75) is 20.4 Å². The van der Waals surface area contributed by atoms with E-state index >= 15 is 0 Å². The largest absolute Gasteiger partial charge is 0.454 e. The lowest BCUT2D eigenvalue weighted by Gasteiger charge is -2.34. The molecule has 0 atom stereocenters. The van der Waals surface area contributed by atoms with Gasteiger partial charge in [0, 0.05) is 45.0 Å². The van der Waals surface area contributed by atoms with Gasteiger partial charge in [-0.05, 0) is 41.8 Å². The molecule has 34 heavy (non-hydrogen) atoms. The Hall–Kier alpha value is -3.59. The normalized spacial score (nSPS) is 17.5. The Morgan fingerprint density at radius 1 is 0.941 bits per heavy atom. The number of nitrogens with zero attached hydrogens (tertiary/aromatic N) is 3. The highest BCUT2D eigenvalue weighted by Crippen LogP contribution is 2.33. The minimum atomic E-state index is -0.304. The predicted octanol–water partition coefficient (Wildman–Crippen LogP) is 3.02. The summed E-state index contributed by atoms with van der Waals surface area (Å²) in [5.41, 5.74) is 2.39.